The third-order valence-electron chi connectivity index (χ3n) is 10.8. The van der Waals surface area contributed by atoms with Crippen molar-refractivity contribution in [3.8, 4) is 0 Å². The Balaban J connectivity index is 0.000000122. The van der Waals surface area contributed by atoms with E-state index >= 15 is 0 Å². The Bertz CT molecular complexity index is 392. The highest BCUT2D eigenvalue weighted by Crippen LogP contribution is 2.52. The van der Waals surface area contributed by atoms with Crippen LogP contribution in [0.1, 0.15) is 128 Å². The summed E-state index contributed by atoms with van der Waals surface area (Å²) in [6, 6.07) is 0. The lowest BCUT2D eigenvalue weighted by molar-refractivity contribution is 0.0278. The van der Waals surface area contributed by atoms with Crippen molar-refractivity contribution in [1.29, 1.82) is 0 Å². The standard InChI is InChI=1S/2C14H24/c2*1-3-7-13-11(5-1)9-10-12-6-2-4-8-14(12)13/h2*11-14H,1-10H2. The summed E-state index contributed by atoms with van der Waals surface area (Å²) in [4.78, 5) is 0. The Morgan fingerprint density at radius 2 is 0.429 bits per heavy atom. The van der Waals surface area contributed by atoms with Crippen molar-refractivity contribution in [3.05, 3.63) is 0 Å². The number of fused-ring (bicyclic) bond motifs is 6. The molecule has 8 atom stereocenters. The van der Waals surface area contributed by atoms with E-state index in [2.05, 4.69) is 0 Å². The lowest BCUT2D eigenvalue weighted by atomic mass is 9.58. The van der Waals surface area contributed by atoms with Crippen molar-refractivity contribution in [2.75, 3.05) is 0 Å². The maximum absolute atomic E-state index is 1.59. The summed E-state index contributed by atoms with van der Waals surface area (Å²) in [7, 11) is 0. The second-order valence-electron chi connectivity index (χ2n) is 12.0. The Labute approximate surface area is 176 Å². The van der Waals surface area contributed by atoms with Gasteiger partial charge in [-0.2, -0.15) is 0 Å². The van der Waals surface area contributed by atoms with Crippen LogP contribution < -0.4 is 0 Å². The van der Waals surface area contributed by atoms with E-state index < -0.39 is 0 Å². The monoisotopic (exact) mass is 384 g/mol. The van der Waals surface area contributed by atoms with Gasteiger partial charge in [0, 0.05) is 0 Å². The summed E-state index contributed by atoms with van der Waals surface area (Å²) in [5.41, 5.74) is 0. The van der Waals surface area contributed by atoms with Gasteiger partial charge in [0.1, 0.15) is 0 Å². The molecule has 160 valence electrons. The zero-order valence-corrected chi connectivity index (χ0v) is 18.8. The lowest BCUT2D eigenvalue weighted by Crippen LogP contribution is -2.38. The van der Waals surface area contributed by atoms with Gasteiger partial charge in [-0.05, 0) is 98.7 Å². The molecular formula is C28H48. The van der Waals surface area contributed by atoms with Crippen LogP contribution in [0.3, 0.4) is 0 Å². The van der Waals surface area contributed by atoms with Gasteiger partial charge in [-0.15, -0.1) is 0 Å². The van der Waals surface area contributed by atoms with Gasteiger partial charge in [0.25, 0.3) is 0 Å². The molecule has 0 heterocycles. The zero-order chi connectivity index (χ0) is 18.8. The summed E-state index contributed by atoms with van der Waals surface area (Å²) in [5.74, 6) is 9.30. The third kappa shape index (κ3) is 4.23. The highest BCUT2D eigenvalue weighted by atomic mass is 14.5. The van der Waals surface area contributed by atoms with E-state index in [-0.39, 0.29) is 0 Å². The van der Waals surface area contributed by atoms with Gasteiger partial charge in [-0.1, -0.05) is 77.0 Å². The quantitative estimate of drug-likeness (QED) is 0.391. The van der Waals surface area contributed by atoms with Crippen molar-refractivity contribution < 1.29 is 0 Å². The van der Waals surface area contributed by atoms with Crippen molar-refractivity contribution in [2.45, 2.75) is 128 Å². The van der Waals surface area contributed by atoms with Crippen LogP contribution in [0, 0.1) is 47.3 Å². The van der Waals surface area contributed by atoms with Crippen molar-refractivity contribution >= 4 is 0 Å². The summed E-state index contributed by atoms with van der Waals surface area (Å²) in [5, 5.41) is 0. The first-order valence-corrected chi connectivity index (χ1v) is 13.9. The Kier molecular flexibility index (Phi) is 6.71. The van der Waals surface area contributed by atoms with Crippen molar-refractivity contribution in [1.82, 2.24) is 0 Å². The molecule has 0 radical (unpaired) electrons. The SMILES string of the molecule is C1CCC2C(C1)CCC1CCCCC12.C1CCC2C(C1)CCC1CCCCC12. The summed E-state index contributed by atoms with van der Waals surface area (Å²) >= 11 is 0. The van der Waals surface area contributed by atoms with E-state index in [4.69, 9.17) is 0 Å². The summed E-state index contributed by atoms with van der Waals surface area (Å²) in [6.45, 7) is 0. The second-order valence-corrected chi connectivity index (χ2v) is 12.0. The molecule has 0 aromatic rings. The molecule has 6 aliphatic carbocycles. The topological polar surface area (TPSA) is 0 Å². The van der Waals surface area contributed by atoms with Gasteiger partial charge in [0.05, 0.1) is 0 Å². The van der Waals surface area contributed by atoms with Crippen LogP contribution in [0.5, 0.6) is 0 Å². The molecule has 0 aromatic carbocycles. The fraction of sp³-hybridized carbons (Fsp3) is 1.00. The molecule has 6 rings (SSSR count). The van der Waals surface area contributed by atoms with E-state index in [1.807, 2.05) is 0 Å². The number of hydrogen-bond donors (Lipinski definition) is 0. The summed E-state index contributed by atoms with van der Waals surface area (Å²) in [6.07, 6.45) is 31.4. The van der Waals surface area contributed by atoms with E-state index in [9.17, 15) is 0 Å². The van der Waals surface area contributed by atoms with E-state index in [0.717, 1.165) is 23.7 Å². The minimum absolute atomic E-state index is 1.16. The molecular weight excluding hydrogens is 336 g/mol. The number of rotatable bonds is 0. The molecule has 28 heavy (non-hydrogen) atoms. The molecule has 0 N–H and O–H groups in total. The van der Waals surface area contributed by atoms with Crippen LogP contribution in [0.25, 0.3) is 0 Å². The van der Waals surface area contributed by atoms with Crippen LogP contribution in [0.4, 0.5) is 0 Å². The molecule has 0 aliphatic heterocycles. The Morgan fingerprint density at radius 1 is 0.214 bits per heavy atom. The predicted octanol–water partition coefficient (Wildman–Crippen LogP) is 8.79. The van der Waals surface area contributed by atoms with Crippen molar-refractivity contribution in [2.24, 2.45) is 47.3 Å². The molecule has 0 spiro atoms. The largest absolute Gasteiger partial charge is 0.0530 e. The van der Waals surface area contributed by atoms with Gasteiger partial charge in [0.15, 0.2) is 0 Å². The molecule has 0 saturated heterocycles. The molecule has 6 fully saturated rings. The predicted molar refractivity (Wildman–Crippen MR) is 120 cm³/mol. The average molecular weight is 385 g/mol. The van der Waals surface area contributed by atoms with Gasteiger partial charge in [0.2, 0.25) is 0 Å². The fourth-order valence-corrected chi connectivity index (χ4v) is 9.49. The molecule has 0 nitrogen and oxygen atoms in total. The molecule has 0 aromatic heterocycles. The van der Waals surface area contributed by atoms with Crippen molar-refractivity contribution in [3.63, 3.8) is 0 Å². The van der Waals surface area contributed by atoms with Crippen LogP contribution in [-0.2, 0) is 0 Å². The lowest BCUT2D eigenvalue weighted by Gasteiger charge is -2.48. The van der Waals surface area contributed by atoms with Crippen LogP contribution in [-0.4, -0.2) is 0 Å². The van der Waals surface area contributed by atoms with Gasteiger partial charge >= 0.3 is 0 Å². The van der Waals surface area contributed by atoms with E-state index in [1.54, 1.807) is 128 Å². The third-order valence-corrected chi connectivity index (χ3v) is 10.8. The first-order chi connectivity index (χ1) is 13.9. The van der Waals surface area contributed by atoms with E-state index in [1.165, 1.54) is 23.7 Å². The first-order valence-electron chi connectivity index (χ1n) is 13.9. The van der Waals surface area contributed by atoms with Gasteiger partial charge in [-0.25, -0.2) is 0 Å². The molecule has 0 bridgehead atoms. The molecule has 0 heteroatoms. The molecule has 6 saturated carbocycles. The smallest absolute Gasteiger partial charge is 0.0355 e. The minimum Gasteiger partial charge on any atom is -0.0530 e. The van der Waals surface area contributed by atoms with Gasteiger partial charge < -0.3 is 0 Å². The highest BCUT2D eigenvalue weighted by Gasteiger charge is 2.41. The van der Waals surface area contributed by atoms with E-state index in [0.29, 0.717) is 0 Å². The minimum atomic E-state index is 1.16. The summed E-state index contributed by atoms with van der Waals surface area (Å²) < 4.78 is 0. The molecule has 6 aliphatic rings. The van der Waals surface area contributed by atoms with Crippen LogP contribution in [0.2, 0.25) is 0 Å². The Hall–Kier alpha value is 0. The second kappa shape index (κ2) is 9.43. The fourth-order valence-electron chi connectivity index (χ4n) is 9.49. The van der Waals surface area contributed by atoms with Crippen LogP contribution >= 0.6 is 0 Å². The Morgan fingerprint density at radius 3 is 0.679 bits per heavy atom. The number of hydrogen-bond acceptors (Lipinski definition) is 0. The highest BCUT2D eigenvalue weighted by molar-refractivity contribution is 4.92. The molecule has 0 amide bonds. The average Bonchev–Trinajstić information content (AvgIpc) is 2.79. The maximum Gasteiger partial charge on any atom is -0.0355 e. The molecule has 8 unspecified atom stereocenters. The zero-order valence-electron chi connectivity index (χ0n) is 18.8. The van der Waals surface area contributed by atoms with Gasteiger partial charge in [-0.3, -0.25) is 0 Å². The first kappa shape index (κ1) is 19.9. The normalized spacial score (nSPS) is 48.0. The van der Waals surface area contributed by atoms with Crippen LogP contribution in [0.15, 0.2) is 0 Å². The maximum atomic E-state index is 1.59.